The van der Waals surface area contributed by atoms with Gasteiger partial charge in [-0.2, -0.15) is 5.26 Å². The summed E-state index contributed by atoms with van der Waals surface area (Å²) in [5.74, 6) is 0.516. The molecular formula is C12H16N2O3. The molecule has 0 aromatic carbocycles. The number of nitrogens with zero attached hydrogens (tertiary/aromatic N) is 2. The number of nitriles is 1. The molecule has 1 aromatic heterocycles. The summed E-state index contributed by atoms with van der Waals surface area (Å²) in [6, 6.07) is 1.94. The van der Waals surface area contributed by atoms with Gasteiger partial charge in [0.15, 0.2) is 0 Å². The second-order valence-corrected chi connectivity index (χ2v) is 3.63. The summed E-state index contributed by atoms with van der Waals surface area (Å²) in [6.07, 6.45) is 0.759. The zero-order chi connectivity index (χ0) is 12.8. The number of aromatic nitrogens is 1. The number of rotatable bonds is 5. The first-order valence-corrected chi connectivity index (χ1v) is 5.22. The number of hydrogen-bond donors (Lipinski definition) is 1. The highest BCUT2D eigenvalue weighted by Gasteiger charge is 2.20. The Balaban J connectivity index is 3.28. The maximum absolute atomic E-state index is 9.98. The highest BCUT2D eigenvalue weighted by atomic mass is 16.5. The molecule has 0 aliphatic rings. The number of aliphatic hydroxyl groups is 1. The lowest BCUT2D eigenvalue weighted by atomic mass is 10.0. The van der Waals surface area contributed by atoms with Gasteiger partial charge in [0.1, 0.15) is 5.75 Å². The molecule has 0 radical (unpaired) electrons. The summed E-state index contributed by atoms with van der Waals surface area (Å²) >= 11 is 0. The zero-order valence-corrected chi connectivity index (χ0v) is 10.2. The summed E-state index contributed by atoms with van der Waals surface area (Å²) < 4.78 is 10.3. The highest BCUT2D eigenvalue weighted by Crippen LogP contribution is 2.32. The van der Waals surface area contributed by atoms with Gasteiger partial charge < -0.3 is 14.6 Å². The van der Waals surface area contributed by atoms with Crippen LogP contribution in [0.15, 0.2) is 6.20 Å². The quantitative estimate of drug-likeness (QED) is 0.838. The fraction of sp³-hybridized carbons (Fsp3) is 0.500. The van der Waals surface area contributed by atoms with Crippen LogP contribution in [-0.4, -0.2) is 24.3 Å². The van der Waals surface area contributed by atoms with E-state index >= 15 is 0 Å². The van der Waals surface area contributed by atoms with Gasteiger partial charge in [-0.1, -0.05) is 0 Å². The van der Waals surface area contributed by atoms with Crippen LogP contribution in [0.5, 0.6) is 5.75 Å². The summed E-state index contributed by atoms with van der Waals surface area (Å²) in [4.78, 5) is 4.17. The number of ether oxygens (including phenoxy) is 2. The van der Waals surface area contributed by atoms with Crippen LogP contribution in [0.25, 0.3) is 0 Å². The van der Waals surface area contributed by atoms with Gasteiger partial charge in [0.05, 0.1) is 38.0 Å². The molecule has 1 rings (SSSR count). The molecule has 0 bridgehead atoms. The topological polar surface area (TPSA) is 75.4 Å². The molecule has 1 aromatic rings. The molecule has 17 heavy (non-hydrogen) atoms. The molecule has 0 fully saturated rings. The van der Waals surface area contributed by atoms with E-state index in [4.69, 9.17) is 14.7 Å². The van der Waals surface area contributed by atoms with Gasteiger partial charge in [-0.15, -0.1) is 0 Å². The molecule has 5 nitrogen and oxygen atoms in total. The molecule has 1 heterocycles. The SMILES string of the molecule is COCc1cnc(C)c(OC)c1C(O)CC#N. The van der Waals surface area contributed by atoms with Gasteiger partial charge in [0, 0.05) is 24.4 Å². The Labute approximate surface area is 101 Å². The molecule has 0 saturated heterocycles. The monoisotopic (exact) mass is 236 g/mol. The summed E-state index contributed by atoms with van der Waals surface area (Å²) in [5, 5.41) is 18.6. The minimum absolute atomic E-state index is 0.0104. The molecule has 0 spiro atoms. The lowest BCUT2D eigenvalue weighted by molar-refractivity contribution is 0.160. The maximum Gasteiger partial charge on any atom is 0.146 e. The first kappa shape index (κ1) is 13.4. The van der Waals surface area contributed by atoms with E-state index in [9.17, 15) is 5.11 Å². The van der Waals surface area contributed by atoms with Crippen molar-refractivity contribution in [3.8, 4) is 11.8 Å². The molecule has 1 N–H and O–H groups in total. The van der Waals surface area contributed by atoms with E-state index in [1.54, 1.807) is 20.2 Å². The third-order valence-electron chi connectivity index (χ3n) is 2.46. The fourth-order valence-electron chi connectivity index (χ4n) is 1.73. The Morgan fingerprint density at radius 3 is 2.76 bits per heavy atom. The third kappa shape index (κ3) is 2.93. The van der Waals surface area contributed by atoms with Crippen LogP contribution in [0.4, 0.5) is 0 Å². The third-order valence-corrected chi connectivity index (χ3v) is 2.46. The largest absolute Gasteiger partial charge is 0.494 e. The molecule has 5 heteroatoms. The normalized spacial score (nSPS) is 11.9. The summed E-state index contributed by atoms with van der Waals surface area (Å²) in [5.41, 5.74) is 2.00. The minimum atomic E-state index is -0.887. The van der Waals surface area contributed by atoms with Crippen molar-refractivity contribution in [2.45, 2.75) is 26.1 Å². The van der Waals surface area contributed by atoms with Crippen molar-refractivity contribution < 1.29 is 14.6 Å². The number of hydrogen-bond acceptors (Lipinski definition) is 5. The van der Waals surface area contributed by atoms with Crippen LogP contribution >= 0.6 is 0 Å². The summed E-state index contributed by atoms with van der Waals surface area (Å²) in [6.45, 7) is 2.11. The first-order chi connectivity index (χ1) is 8.15. The lowest BCUT2D eigenvalue weighted by Crippen LogP contribution is -2.08. The first-order valence-electron chi connectivity index (χ1n) is 5.22. The van der Waals surface area contributed by atoms with Crippen molar-refractivity contribution in [3.63, 3.8) is 0 Å². The molecule has 0 aliphatic heterocycles. The van der Waals surface area contributed by atoms with E-state index in [1.807, 2.05) is 6.07 Å². The molecular weight excluding hydrogens is 220 g/mol. The van der Waals surface area contributed by atoms with E-state index < -0.39 is 6.10 Å². The van der Waals surface area contributed by atoms with Crippen LogP contribution in [0, 0.1) is 18.3 Å². The van der Waals surface area contributed by atoms with Crippen molar-refractivity contribution in [2.24, 2.45) is 0 Å². The van der Waals surface area contributed by atoms with Crippen molar-refractivity contribution in [1.82, 2.24) is 4.98 Å². The second-order valence-electron chi connectivity index (χ2n) is 3.63. The summed E-state index contributed by atoms with van der Waals surface area (Å²) in [7, 11) is 3.08. The smallest absolute Gasteiger partial charge is 0.146 e. The Kier molecular flexibility index (Phi) is 4.88. The predicted molar refractivity (Wildman–Crippen MR) is 61.4 cm³/mol. The maximum atomic E-state index is 9.98. The van der Waals surface area contributed by atoms with Gasteiger partial charge in [0.2, 0.25) is 0 Å². The molecule has 1 atom stereocenters. The molecule has 1 unspecified atom stereocenters. The molecule has 0 amide bonds. The van der Waals surface area contributed by atoms with Gasteiger partial charge in [0.25, 0.3) is 0 Å². The zero-order valence-electron chi connectivity index (χ0n) is 10.2. The average Bonchev–Trinajstić information content (AvgIpc) is 2.31. The average molecular weight is 236 g/mol. The molecule has 0 aliphatic carbocycles. The van der Waals surface area contributed by atoms with E-state index in [-0.39, 0.29) is 6.42 Å². The van der Waals surface area contributed by atoms with Gasteiger partial charge in [-0.25, -0.2) is 0 Å². The van der Waals surface area contributed by atoms with Crippen molar-refractivity contribution in [2.75, 3.05) is 14.2 Å². The number of aliphatic hydroxyl groups excluding tert-OH is 1. The Bertz CT molecular complexity index is 426. The van der Waals surface area contributed by atoms with Gasteiger partial charge in [-0.05, 0) is 6.92 Å². The van der Waals surface area contributed by atoms with Crippen LogP contribution in [-0.2, 0) is 11.3 Å². The van der Waals surface area contributed by atoms with E-state index in [2.05, 4.69) is 4.98 Å². The van der Waals surface area contributed by atoms with Gasteiger partial charge in [-0.3, -0.25) is 4.98 Å². The van der Waals surface area contributed by atoms with Crippen LogP contribution in [0.3, 0.4) is 0 Å². The Hall–Kier alpha value is -1.64. The standard InChI is InChI=1S/C12H16N2O3/c1-8-12(17-3)11(10(15)4-5-13)9(6-14-8)7-16-2/h6,10,15H,4,7H2,1-3H3. The molecule has 92 valence electrons. The van der Waals surface area contributed by atoms with Crippen molar-refractivity contribution in [1.29, 1.82) is 5.26 Å². The number of pyridine rings is 1. The van der Waals surface area contributed by atoms with Crippen LogP contribution < -0.4 is 4.74 Å². The van der Waals surface area contributed by atoms with E-state index in [0.717, 1.165) is 5.56 Å². The highest BCUT2D eigenvalue weighted by molar-refractivity contribution is 5.43. The Morgan fingerprint density at radius 1 is 1.53 bits per heavy atom. The van der Waals surface area contributed by atoms with Crippen molar-refractivity contribution >= 4 is 0 Å². The Morgan fingerprint density at radius 2 is 2.24 bits per heavy atom. The molecule has 0 saturated carbocycles. The van der Waals surface area contributed by atoms with Gasteiger partial charge >= 0.3 is 0 Å². The van der Waals surface area contributed by atoms with E-state index in [1.165, 1.54) is 7.11 Å². The fourth-order valence-corrected chi connectivity index (χ4v) is 1.73. The minimum Gasteiger partial charge on any atom is -0.494 e. The van der Waals surface area contributed by atoms with Crippen molar-refractivity contribution in [3.05, 3.63) is 23.0 Å². The number of aryl methyl sites for hydroxylation is 1. The van der Waals surface area contributed by atoms with Crippen LogP contribution in [0.1, 0.15) is 29.3 Å². The lowest BCUT2D eigenvalue weighted by Gasteiger charge is -2.18. The van der Waals surface area contributed by atoms with E-state index in [0.29, 0.717) is 23.6 Å². The van der Waals surface area contributed by atoms with Crippen LogP contribution in [0.2, 0.25) is 0 Å². The second kappa shape index (κ2) is 6.18. The predicted octanol–water partition coefficient (Wildman–Crippen LogP) is 1.49. The number of methoxy groups -OCH3 is 2.